The van der Waals surface area contributed by atoms with Crippen molar-refractivity contribution in [3.05, 3.63) is 34.9 Å². The Labute approximate surface area is 210 Å². The van der Waals surface area contributed by atoms with Crippen molar-refractivity contribution in [2.75, 3.05) is 44.2 Å². The SMILES string of the molecule is CC(=O)O.O=C(O)CN1CCN(c2ccc3c(C(=O)NCC4CCCCC4)c(Cl)ccc3n2)CC1. The first kappa shape index (κ1) is 26.7. The van der Waals surface area contributed by atoms with E-state index in [-0.39, 0.29) is 12.5 Å². The van der Waals surface area contributed by atoms with Gasteiger partial charge in [0, 0.05) is 45.0 Å². The van der Waals surface area contributed by atoms with Gasteiger partial charge in [0.05, 0.1) is 22.6 Å². The van der Waals surface area contributed by atoms with Crippen molar-refractivity contribution in [3.8, 4) is 0 Å². The van der Waals surface area contributed by atoms with Crippen LogP contribution in [0.15, 0.2) is 24.3 Å². The van der Waals surface area contributed by atoms with Gasteiger partial charge in [-0.2, -0.15) is 0 Å². The molecule has 1 amide bonds. The summed E-state index contributed by atoms with van der Waals surface area (Å²) in [4.78, 5) is 41.7. The maximum atomic E-state index is 12.9. The van der Waals surface area contributed by atoms with Gasteiger partial charge in [0.25, 0.3) is 11.9 Å². The van der Waals surface area contributed by atoms with Crippen molar-refractivity contribution in [1.29, 1.82) is 0 Å². The summed E-state index contributed by atoms with van der Waals surface area (Å²) in [6, 6.07) is 7.42. The van der Waals surface area contributed by atoms with E-state index in [2.05, 4.69) is 10.2 Å². The van der Waals surface area contributed by atoms with Crippen molar-refractivity contribution in [1.82, 2.24) is 15.2 Å². The Bertz CT molecular complexity index is 1050. The normalized spacial score (nSPS) is 16.9. The van der Waals surface area contributed by atoms with Crippen LogP contribution in [0.1, 0.15) is 49.4 Å². The number of halogens is 1. The second-order valence-electron chi connectivity index (χ2n) is 9.05. The van der Waals surface area contributed by atoms with Crippen molar-refractivity contribution in [2.24, 2.45) is 5.92 Å². The number of benzene rings is 1. The lowest BCUT2D eigenvalue weighted by Gasteiger charge is -2.34. The molecule has 0 bridgehead atoms. The number of aromatic nitrogens is 1. The third-order valence-corrected chi connectivity index (χ3v) is 6.68. The lowest BCUT2D eigenvalue weighted by Crippen LogP contribution is -2.48. The molecule has 1 saturated heterocycles. The summed E-state index contributed by atoms with van der Waals surface area (Å²) in [5.41, 5.74) is 1.22. The van der Waals surface area contributed by atoms with E-state index in [4.69, 9.17) is 31.6 Å². The number of amides is 1. The van der Waals surface area contributed by atoms with Gasteiger partial charge in [-0.05, 0) is 43.0 Å². The number of rotatable bonds is 6. The zero-order valence-corrected chi connectivity index (χ0v) is 20.8. The third-order valence-electron chi connectivity index (χ3n) is 6.36. The highest BCUT2D eigenvalue weighted by atomic mass is 35.5. The van der Waals surface area contributed by atoms with E-state index in [9.17, 15) is 9.59 Å². The zero-order chi connectivity index (χ0) is 25.4. The predicted octanol–water partition coefficient (Wildman–Crippen LogP) is 3.50. The van der Waals surface area contributed by atoms with Crippen LogP contribution in [0.25, 0.3) is 10.9 Å². The van der Waals surface area contributed by atoms with Crippen molar-refractivity contribution >= 4 is 46.2 Å². The van der Waals surface area contributed by atoms with Crippen LogP contribution in [-0.2, 0) is 9.59 Å². The average Bonchev–Trinajstić information content (AvgIpc) is 2.82. The molecule has 1 saturated carbocycles. The number of fused-ring (bicyclic) bond motifs is 1. The summed E-state index contributed by atoms with van der Waals surface area (Å²) >= 11 is 6.41. The van der Waals surface area contributed by atoms with E-state index in [0.717, 1.165) is 23.6 Å². The van der Waals surface area contributed by atoms with E-state index in [1.165, 1.54) is 32.1 Å². The smallest absolute Gasteiger partial charge is 0.317 e. The van der Waals surface area contributed by atoms with Crippen molar-refractivity contribution in [3.63, 3.8) is 0 Å². The first-order chi connectivity index (χ1) is 16.7. The minimum absolute atomic E-state index is 0.0663. The van der Waals surface area contributed by atoms with Gasteiger partial charge in [-0.25, -0.2) is 4.98 Å². The van der Waals surface area contributed by atoms with Gasteiger partial charge in [0.1, 0.15) is 5.82 Å². The van der Waals surface area contributed by atoms with E-state index in [0.29, 0.717) is 49.2 Å². The average molecular weight is 505 g/mol. The van der Waals surface area contributed by atoms with Crippen LogP contribution in [0.5, 0.6) is 0 Å². The number of carbonyl (C=O) groups is 3. The van der Waals surface area contributed by atoms with Crippen LogP contribution >= 0.6 is 11.6 Å². The summed E-state index contributed by atoms with van der Waals surface area (Å²) in [6.45, 7) is 4.64. The molecule has 2 fully saturated rings. The molecule has 0 atom stereocenters. The number of carboxylic acids is 2. The highest BCUT2D eigenvalue weighted by molar-refractivity contribution is 6.35. The highest BCUT2D eigenvalue weighted by Gasteiger charge is 2.22. The number of aliphatic carboxylic acids is 2. The zero-order valence-electron chi connectivity index (χ0n) is 20.0. The standard InChI is InChI=1S/C23H29ClN4O3.C2H4O2/c24-18-7-8-19-17(22(18)23(31)25-14-16-4-2-1-3-5-16)6-9-20(26-19)28-12-10-27(11-13-28)15-21(29)30;1-2(3)4/h6-9,16H,1-5,10-15H2,(H,25,31)(H,29,30);1H3,(H,3,4). The van der Waals surface area contributed by atoms with Crippen molar-refractivity contribution < 1.29 is 24.6 Å². The second kappa shape index (κ2) is 12.7. The predicted molar refractivity (Wildman–Crippen MR) is 135 cm³/mol. The summed E-state index contributed by atoms with van der Waals surface area (Å²) in [7, 11) is 0. The number of carboxylic acid groups (broad SMARTS) is 2. The molecule has 0 unspecified atom stereocenters. The minimum atomic E-state index is -0.833. The summed E-state index contributed by atoms with van der Waals surface area (Å²) < 4.78 is 0. The molecule has 0 spiro atoms. The number of anilines is 1. The van der Waals surface area contributed by atoms with Crippen LogP contribution in [0.4, 0.5) is 5.82 Å². The summed E-state index contributed by atoms with van der Waals surface area (Å²) in [5, 5.41) is 20.7. The second-order valence-corrected chi connectivity index (χ2v) is 9.46. The molecule has 9 nitrogen and oxygen atoms in total. The Hall–Kier alpha value is -2.91. The number of carbonyl (C=O) groups excluding carboxylic acids is 1. The third kappa shape index (κ3) is 7.80. The fraction of sp³-hybridized carbons (Fsp3) is 0.520. The molecule has 2 aromatic rings. The molecule has 1 aliphatic carbocycles. The molecule has 1 aliphatic heterocycles. The largest absolute Gasteiger partial charge is 0.481 e. The van der Waals surface area contributed by atoms with Gasteiger partial charge in [0.2, 0.25) is 0 Å². The molecule has 190 valence electrons. The van der Waals surface area contributed by atoms with Crippen LogP contribution < -0.4 is 10.2 Å². The number of hydrogen-bond donors (Lipinski definition) is 3. The van der Waals surface area contributed by atoms with E-state index in [1.54, 1.807) is 6.07 Å². The fourth-order valence-electron chi connectivity index (χ4n) is 4.62. The molecule has 4 rings (SSSR count). The molecule has 10 heteroatoms. The quantitative estimate of drug-likeness (QED) is 0.546. The van der Waals surface area contributed by atoms with E-state index >= 15 is 0 Å². The van der Waals surface area contributed by atoms with Crippen LogP contribution in [-0.4, -0.2) is 77.2 Å². The number of pyridine rings is 1. The number of piperazine rings is 1. The molecule has 1 aromatic heterocycles. The van der Waals surface area contributed by atoms with Crippen LogP contribution in [0.3, 0.4) is 0 Å². The Kier molecular flexibility index (Phi) is 9.68. The highest BCUT2D eigenvalue weighted by Crippen LogP contribution is 2.28. The van der Waals surface area contributed by atoms with Crippen molar-refractivity contribution in [2.45, 2.75) is 39.0 Å². The first-order valence-electron chi connectivity index (χ1n) is 12.0. The number of nitrogens with zero attached hydrogens (tertiary/aromatic N) is 3. The Balaban J connectivity index is 0.000000795. The van der Waals surface area contributed by atoms with Gasteiger partial charge in [-0.1, -0.05) is 30.9 Å². The first-order valence-corrected chi connectivity index (χ1v) is 12.4. The Morgan fingerprint density at radius 1 is 1.03 bits per heavy atom. The monoisotopic (exact) mass is 504 g/mol. The molecule has 2 aliphatic rings. The lowest BCUT2D eigenvalue weighted by atomic mass is 9.89. The minimum Gasteiger partial charge on any atom is -0.481 e. The fourth-order valence-corrected chi connectivity index (χ4v) is 4.87. The number of nitrogens with one attached hydrogen (secondary N) is 1. The topological polar surface area (TPSA) is 123 Å². The van der Waals surface area contributed by atoms with Gasteiger partial charge in [0.15, 0.2) is 0 Å². The molecule has 1 aromatic carbocycles. The maximum Gasteiger partial charge on any atom is 0.317 e. The summed E-state index contributed by atoms with van der Waals surface area (Å²) in [6.07, 6.45) is 6.13. The lowest BCUT2D eigenvalue weighted by molar-refractivity contribution is -0.138. The van der Waals surface area contributed by atoms with E-state index < -0.39 is 11.9 Å². The molecule has 3 N–H and O–H groups in total. The summed E-state index contributed by atoms with van der Waals surface area (Å²) in [5.74, 6) is -0.393. The molecule has 2 heterocycles. The number of hydrogen-bond acceptors (Lipinski definition) is 6. The van der Waals surface area contributed by atoms with Crippen LogP contribution in [0.2, 0.25) is 5.02 Å². The Morgan fingerprint density at radius 3 is 2.31 bits per heavy atom. The maximum absolute atomic E-state index is 12.9. The molecular weight excluding hydrogens is 472 g/mol. The van der Waals surface area contributed by atoms with Gasteiger partial charge >= 0.3 is 5.97 Å². The van der Waals surface area contributed by atoms with Gasteiger partial charge < -0.3 is 20.4 Å². The van der Waals surface area contributed by atoms with Crippen LogP contribution in [0, 0.1) is 5.92 Å². The Morgan fingerprint density at radius 2 is 1.69 bits per heavy atom. The van der Waals surface area contributed by atoms with Gasteiger partial charge in [-0.3, -0.25) is 19.3 Å². The molecule has 35 heavy (non-hydrogen) atoms. The van der Waals surface area contributed by atoms with Gasteiger partial charge in [-0.15, -0.1) is 0 Å². The molecule has 0 radical (unpaired) electrons. The van der Waals surface area contributed by atoms with E-state index in [1.807, 2.05) is 23.1 Å². The molecular formula is C25H33ClN4O5.